The zero-order chi connectivity index (χ0) is 22.5. The van der Waals surface area contributed by atoms with Crippen LogP contribution in [0.25, 0.3) is 10.2 Å². The van der Waals surface area contributed by atoms with E-state index < -0.39 is 0 Å². The van der Waals surface area contributed by atoms with Gasteiger partial charge in [0.2, 0.25) is 5.91 Å². The topological polar surface area (TPSA) is 73.2 Å². The summed E-state index contributed by atoms with van der Waals surface area (Å²) in [4.78, 5) is 30.2. The molecule has 0 saturated heterocycles. The molecule has 1 amide bonds. The number of halogens is 1. The van der Waals surface area contributed by atoms with Crippen LogP contribution in [0, 0.1) is 0 Å². The van der Waals surface area contributed by atoms with Crippen LogP contribution < -0.4 is 15.6 Å². The molecule has 0 unspecified atom stereocenters. The normalized spacial score (nSPS) is 10.9. The molecule has 0 radical (unpaired) electrons. The van der Waals surface area contributed by atoms with Crippen LogP contribution in [0.15, 0.2) is 69.9 Å². The standard InChI is InChI=1S/C23H20ClN3O3S2/c1-30-18-4-2-3-16(11-18)13-27-22(29)21-19(9-10-31-21)26-23(27)32-14-20(28)25-12-15-5-7-17(24)8-6-15/h2-11H,12-14H2,1H3,(H,25,28). The minimum Gasteiger partial charge on any atom is -0.497 e. The number of fused-ring (bicyclic) bond motifs is 1. The summed E-state index contributed by atoms with van der Waals surface area (Å²) >= 11 is 8.51. The summed E-state index contributed by atoms with van der Waals surface area (Å²) in [5.41, 5.74) is 2.40. The summed E-state index contributed by atoms with van der Waals surface area (Å²) in [6.45, 7) is 0.746. The number of benzene rings is 2. The van der Waals surface area contributed by atoms with Crippen molar-refractivity contribution in [3.05, 3.63) is 86.5 Å². The van der Waals surface area contributed by atoms with E-state index in [0.29, 0.717) is 33.5 Å². The van der Waals surface area contributed by atoms with Crippen molar-refractivity contribution in [2.24, 2.45) is 0 Å². The van der Waals surface area contributed by atoms with E-state index in [2.05, 4.69) is 10.3 Å². The number of hydrogen-bond donors (Lipinski definition) is 1. The number of aromatic nitrogens is 2. The number of carbonyl (C=O) groups excluding carboxylic acids is 1. The second-order valence-electron chi connectivity index (χ2n) is 6.96. The lowest BCUT2D eigenvalue weighted by Crippen LogP contribution is -2.26. The Balaban J connectivity index is 1.51. The summed E-state index contributed by atoms with van der Waals surface area (Å²) in [5.74, 6) is 0.724. The van der Waals surface area contributed by atoms with Crippen LogP contribution in [0.5, 0.6) is 5.75 Å². The molecule has 0 aliphatic rings. The molecule has 0 aliphatic heterocycles. The van der Waals surface area contributed by atoms with Crippen molar-refractivity contribution in [1.82, 2.24) is 14.9 Å². The van der Waals surface area contributed by atoms with Crippen molar-refractivity contribution in [3.8, 4) is 5.75 Å². The fourth-order valence-corrected chi connectivity index (χ4v) is 4.84. The van der Waals surface area contributed by atoms with Crippen molar-refractivity contribution >= 4 is 50.8 Å². The van der Waals surface area contributed by atoms with E-state index in [1.807, 2.05) is 47.8 Å². The minimum atomic E-state index is -0.141. The molecule has 164 valence electrons. The van der Waals surface area contributed by atoms with Gasteiger partial charge in [-0.25, -0.2) is 4.98 Å². The molecule has 4 rings (SSSR count). The highest BCUT2D eigenvalue weighted by atomic mass is 35.5. The van der Waals surface area contributed by atoms with Gasteiger partial charge >= 0.3 is 0 Å². The lowest BCUT2D eigenvalue weighted by atomic mass is 10.2. The van der Waals surface area contributed by atoms with Gasteiger partial charge in [-0.3, -0.25) is 14.2 Å². The van der Waals surface area contributed by atoms with E-state index in [0.717, 1.165) is 16.9 Å². The number of rotatable bonds is 8. The van der Waals surface area contributed by atoms with E-state index >= 15 is 0 Å². The minimum absolute atomic E-state index is 0.114. The number of amides is 1. The third-order valence-electron chi connectivity index (χ3n) is 4.74. The predicted octanol–water partition coefficient (Wildman–Crippen LogP) is 4.58. The monoisotopic (exact) mass is 485 g/mol. The number of methoxy groups -OCH3 is 1. The van der Waals surface area contributed by atoms with E-state index in [9.17, 15) is 9.59 Å². The zero-order valence-corrected chi connectivity index (χ0v) is 19.6. The molecule has 2 aromatic carbocycles. The van der Waals surface area contributed by atoms with Gasteiger partial charge in [0, 0.05) is 11.6 Å². The molecule has 6 nitrogen and oxygen atoms in total. The first-order valence-electron chi connectivity index (χ1n) is 9.78. The van der Waals surface area contributed by atoms with Crippen LogP contribution in [-0.2, 0) is 17.9 Å². The van der Waals surface area contributed by atoms with Crippen LogP contribution in [0.3, 0.4) is 0 Å². The SMILES string of the molecule is COc1cccc(Cn2c(SCC(=O)NCc3ccc(Cl)cc3)nc3ccsc3c2=O)c1. The zero-order valence-electron chi connectivity index (χ0n) is 17.2. The third kappa shape index (κ3) is 5.32. The number of ether oxygens (including phenoxy) is 1. The lowest BCUT2D eigenvalue weighted by molar-refractivity contribution is -0.118. The van der Waals surface area contributed by atoms with Gasteiger partial charge < -0.3 is 10.1 Å². The second-order valence-corrected chi connectivity index (χ2v) is 9.26. The Morgan fingerprint density at radius 3 is 2.78 bits per heavy atom. The van der Waals surface area contributed by atoms with Gasteiger partial charge in [0.05, 0.1) is 24.9 Å². The first kappa shape index (κ1) is 22.4. The highest BCUT2D eigenvalue weighted by Crippen LogP contribution is 2.22. The number of nitrogens with zero attached hydrogens (tertiary/aromatic N) is 2. The predicted molar refractivity (Wildman–Crippen MR) is 130 cm³/mol. The Labute approximate surface area is 198 Å². The Bertz CT molecular complexity index is 1300. The van der Waals surface area contributed by atoms with Gasteiger partial charge in [0.15, 0.2) is 5.16 Å². The smallest absolute Gasteiger partial charge is 0.272 e. The maximum atomic E-state index is 13.1. The molecule has 2 heterocycles. The van der Waals surface area contributed by atoms with Crippen LogP contribution in [0.4, 0.5) is 0 Å². The molecule has 1 N–H and O–H groups in total. The van der Waals surface area contributed by atoms with Crippen molar-refractivity contribution in [1.29, 1.82) is 0 Å². The van der Waals surface area contributed by atoms with Crippen LogP contribution in [0.1, 0.15) is 11.1 Å². The van der Waals surface area contributed by atoms with Crippen molar-refractivity contribution in [2.45, 2.75) is 18.2 Å². The Kier molecular flexibility index (Phi) is 7.14. The molecule has 2 aromatic heterocycles. The molecule has 0 bridgehead atoms. The van der Waals surface area contributed by atoms with Crippen molar-refractivity contribution < 1.29 is 9.53 Å². The summed E-state index contributed by atoms with van der Waals surface area (Å²) in [6.07, 6.45) is 0. The fourth-order valence-electron chi connectivity index (χ4n) is 3.11. The number of nitrogens with one attached hydrogen (secondary N) is 1. The van der Waals surface area contributed by atoms with Crippen LogP contribution in [0.2, 0.25) is 5.02 Å². The number of thioether (sulfide) groups is 1. The van der Waals surface area contributed by atoms with Crippen molar-refractivity contribution in [2.75, 3.05) is 12.9 Å². The Hall–Kier alpha value is -2.81. The Morgan fingerprint density at radius 2 is 2.00 bits per heavy atom. The van der Waals surface area contributed by atoms with Crippen molar-refractivity contribution in [3.63, 3.8) is 0 Å². The quantitative estimate of drug-likeness (QED) is 0.292. The largest absolute Gasteiger partial charge is 0.497 e. The number of thiophene rings is 1. The van der Waals surface area contributed by atoms with E-state index in [1.165, 1.54) is 23.1 Å². The molecule has 9 heteroatoms. The molecular formula is C23H20ClN3O3S2. The number of carbonyl (C=O) groups is 1. The first-order chi connectivity index (χ1) is 15.5. The fraction of sp³-hybridized carbons (Fsp3) is 0.174. The maximum Gasteiger partial charge on any atom is 0.272 e. The maximum absolute atomic E-state index is 13.1. The lowest BCUT2D eigenvalue weighted by Gasteiger charge is -2.13. The molecular weight excluding hydrogens is 466 g/mol. The van der Waals surface area contributed by atoms with E-state index in [1.54, 1.807) is 23.8 Å². The van der Waals surface area contributed by atoms with Gasteiger partial charge in [-0.15, -0.1) is 11.3 Å². The van der Waals surface area contributed by atoms with Gasteiger partial charge in [0.25, 0.3) is 5.56 Å². The molecule has 0 spiro atoms. The van der Waals surface area contributed by atoms with Gasteiger partial charge in [-0.05, 0) is 46.8 Å². The molecule has 32 heavy (non-hydrogen) atoms. The first-order valence-corrected chi connectivity index (χ1v) is 12.0. The third-order valence-corrected chi connectivity index (χ3v) is 6.86. The van der Waals surface area contributed by atoms with E-state index in [-0.39, 0.29) is 17.2 Å². The summed E-state index contributed by atoms with van der Waals surface area (Å²) in [7, 11) is 1.61. The number of hydrogen-bond acceptors (Lipinski definition) is 6. The van der Waals surface area contributed by atoms with Crippen LogP contribution in [-0.4, -0.2) is 28.3 Å². The second kappa shape index (κ2) is 10.2. The van der Waals surface area contributed by atoms with Gasteiger partial charge in [0.1, 0.15) is 10.4 Å². The molecule has 0 fully saturated rings. The molecule has 0 atom stereocenters. The van der Waals surface area contributed by atoms with E-state index in [4.69, 9.17) is 16.3 Å². The van der Waals surface area contributed by atoms with Crippen LogP contribution >= 0.6 is 34.7 Å². The highest BCUT2D eigenvalue weighted by molar-refractivity contribution is 7.99. The van der Waals surface area contributed by atoms with Gasteiger partial charge in [-0.2, -0.15) is 0 Å². The van der Waals surface area contributed by atoms with Gasteiger partial charge in [-0.1, -0.05) is 47.6 Å². The molecule has 0 saturated carbocycles. The Morgan fingerprint density at radius 1 is 1.19 bits per heavy atom. The summed E-state index contributed by atoms with van der Waals surface area (Å²) in [6, 6.07) is 16.7. The average molecular weight is 486 g/mol. The molecule has 0 aliphatic carbocycles. The molecule has 4 aromatic rings. The highest BCUT2D eigenvalue weighted by Gasteiger charge is 2.15. The summed E-state index contributed by atoms with van der Waals surface area (Å²) in [5, 5.41) is 5.89. The average Bonchev–Trinajstić information content (AvgIpc) is 3.28. The summed E-state index contributed by atoms with van der Waals surface area (Å²) < 4.78 is 7.51.